The Morgan fingerprint density at radius 3 is 2.71 bits per heavy atom. The molecule has 0 unspecified atom stereocenters. The molecule has 0 aliphatic carbocycles. The predicted octanol–water partition coefficient (Wildman–Crippen LogP) is 3.84. The van der Waals surface area contributed by atoms with Crippen LogP contribution in [0.3, 0.4) is 0 Å². The molecular weight excluding hydrogens is 298 g/mol. The van der Waals surface area contributed by atoms with Gasteiger partial charge in [0.2, 0.25) is 0 Å². The Labute approximate surface area is 143 Å². The highest BCUT2D eigenvalue weighted by molar-refractivity contribution is 5.87. The zero-order valence-corrected chi connectivity index (χ0v) is 14.7. The van der Waals surface area contributed by atoms with Gasteiger partial charge in [-0.05, 0) is 49.7 Å². The van der Waals surface area contributed by atoms with Gasteiger partial charge in [0, 0.05) is 24.3 Å². The van der Waals surface area contributed by atoms with E-state index in [-0.39, 0.29) is 0 Å². The van der Waals surface area contributed by atoms with Crippen LogP contribution < -0.4 is 10.1 Å². The molecule has 2 aromatic carbocycles. The Morgan fingerprint density at radius 2 is 1.96 bits per heavy atom. The summed E-state index contributed by atoms with van der Waals surface area (Å²) in [7, 11) is 1.73. The van der Waals surface area contributed by atoms with E-state index in [2.05, 4.69) is 64.5 Å². The van der Waals surface area contributed by atoms with Gasteiger partial charge in [-0.1, -0.05) is 30.3 Å². The fraction of sp³-hybridized carbons (Fsp3) is 0.350. The zero-order chi connectivity index (χ0) is 16.9. The van der Waals surface area contributed by atoms with E-state index >= 15 is 0 Å². The van der Waals surface area contributed by atoms with Gasteiger partial charge < -0.3 is 10.1 Å². The lowest BCUT2D eigenvalue weighted by Crippen LogP contribution is -2.18. The van der Waals surface area contributed by atoms with Gasteiger partial charge in [-0.15, -0.1) is 0 Å². The second-order valence-corrected chi connectivity index (χ2v) is 6.15. The third-order valence-corrected chi connectivity index (χ3v) is 4.35. The molecule has 0 spiro atoms. The van der Waals surface area contributed by atoms with E-state index in [0.29, 0.717) is 0 Å². The third kappa shape index (κ3) is 3.60. The molecular formula is C20H25N3O. The van der Waals surface area contributed by atoms with Crippen LogP contribution in [0.15, 0.2) is 42.5 Å². The summed E-state index contributed by atoms with van der Waals surface area (Å²) in [6.45, 7) is 6.84. The minimum atomic E-state index is 0.807. The predicted molar refractivity (Wildman–Crippen MR) is 98.5 cm³/mol. The molecule has 3 aromatic rings. The molecule has 1 heterocycles. The second kappa shape index (κ2) is 7.49. The van der Waals surface area contributed by atoms with Crippen molar-refractivity contribution in [2.24, 2.45) is 0 Å². The van der Waals surface area contributed by atoms with Crippen molar-refractivity contribution in [1.82, 2.24) is 15.1 Å². The average Bonchev–Trinajstić information content (AvgIpc) is 2.92. The van der Waals surface area contributed by atoms with Gasteiger partial charge in [-0.2, -0.15) is 5.10 Å². The molecule has 0 aliphatic heterocycles. The largest absolute Gasteiger partial charge is 0.496 e. The van der Waals surface area contributed by atoms with E-state index in [0.717, 1.165) is 37.5 Å². The molecule has 4 nitrogen and oxygen atoms in total. The molecule has 0 bridgehead atoms. The van der Waals surface area contributed by atoms with Crippen LogP contribution in [0.1, 0.15) is 23.4 Å². The van der Waals surface area contributed by atoms with Crippen LogP contribution in [0.4, 0.5) is 0 Å². The molecule has 0 radical (unpaired) electrons. The van der Waals surface area contributed by atoms with Crippen LogP contribution in [0.25, 0.3) is 10.8 Å². The van der Waals surface area contributed by atoms with Crippen LogP contribution in [0.5, 0.6) is 5.75 Å². The number of ether oxygens (including phenoxy) is 1. The van der Waals surface area contributed by atoms with E-state index in [4.69, 9.17) is 4.74 Å². The van der Waals surface area contributed by atoms with E-state index in [1.807, 2.05) is 6.92 Å². The maximum atomic E-state index is 5.54. The third-order valence-electron chi connectivity index (χ3n) is 4.35. The first-order chi connectivity index (χ1) is 11.7. The van der Waals surface area contributed by atoms with Gasteiger partial charge >= 0.3 is 0 Å². The van der Waals surface area contributed by atoms with Crippen molar-refractivity contribution >= 4 is 10.8 Å². The number of aryl methyl sites for hydroxylation is 3. The van der Waals surface area contributed by atoms with Crippen LogP contribution in [0, 0.1) is 13.8 Å². The first-order valence-electron chi connectivity index (χ1n) is 8.45. The van der Waals surface area contributed by atoms with Crippen molar-refractivity contribution in [2.45, 2.75) is 33.4 Å². The number of fused-ring (bicyclic) bond motifs is 1. The molecule has 0 saturated heterocycles. The normalized spacial score (nSPS) is 11.1. The molecule has 1 N–H and O–H groups in total. The molecule has 3 rings (SSSR count). The molecule has 0 fully saturated rings. The summed E-state index contributed by atoms with van der Waals surface area (Å²) in [6.07, 6.45) is 1.05. The minimum absolute atomic E-state index is 0.807. The molecule has 0 saturated carbocycles. The Kier molecular flexibility index (Phi) is 5.16. The summed E-state index contributed by atoms with van der Waals surface area (Å²) in [4.78, 5) is 0. The van der Waals surface area contributed by atoms with Crippen LogP contribution >= 0.6 is 0 Å². The Bertz CT molecular complexity index is 823. The number of nitrogens with zero attached hydrogens (tertiary/aromatic N) is 2. The summed E-state index contributed by atoms with van der Waals surface area (Å²) < 4.78 is 7.62. The first-order valence-corrected chi connectivity index (χ1v) is 8.45. The highest BCUT2D eigenvalue weighted by Gasteiger charge is 2.07. The van der Waals surface area contributed by atoms with Crippen LogP contribution in [-0.2, 0) is 13.1 Å². The number of hydrogen-bond donors (Lipinski definition) is 1. The molecule has 24 heavy (non-hydrogen) atoms. The van der Waals surface area contributed by atoms with E-state index < -0.39 is 0 Å². The fourth-order valence-corrected chi connectivity index (χ4v) is 3.16. The number of benzene rings is 2. The lowest BCUT2D eigenvalue weighted by molar-refractivity contribution is 0.408. The Hall–Kier alpha value is -2.33. The summed E-state index contributed by atoms with van der Waals surface area (Å²) in [6, 6.07) is 14.7. The summed E-state index contributed by atoms with van der Waals surface area (Å²) in [5.41, 5.74) is 3.53. The van der Waals surface area contributed by atoms with Crippen LogP contribution in [-0.4, -0.2) is 23.4 Å². The van der Waals surface area contributed by atoms with Crippen LogP contribution in [0.2, 0.25) is 0 Å². The maximum absolute atomic E-state index is 5.54. The number of hydrogen-bond acceptors (Lipinski definition) is 3. The van der Waals surface area contributed by atoms with Crippen molar-refractivity contribution in [1.29, 1.82) is 0 Å². The molecule has 0 atom stereocenters. The maximum Gasteiger partial charge on any atom is 0.123 e. The molecule has 0 amide bonds. The summed E-state index contributed by atoms with van der Waals surface area (Å²) in [5.74, 6) is 0.944. The monoisotopic (exact) mass is 323 g/mol. The Morgan fingerprint density at radius 1 is 1.12 bits per heavy atom. The van der Waals surface area contributed by atoms with Crippen molar-refractivity contribution in [3.63, 3.8) is 0 Å². The molecule has 0 aliphatic rings. The highest BCUT2D eigenvalue weighted by atomic mass is 16.5. The van der Waals surface area contributed by atoms with Crippen molar-refractivity contribution in [3.8, 4) is 5.75 Å². The molecule has 1 aromatic heterocycles. The standard InChI is InChI=1S/C20H25N3O/c1-15-13-16(2)23(22-15)12-6-11-21-14-19-18-8-5-4-7-17(18)9-10-20(19)24-3/h4-5,7-10,13,21H,6,11-12,14H2,1-3H3. The lowest BCUT2D eigenvalue weighted by Gasteiger charge is -2.13. The molecule has 126 valence electrons. The quantitative estimate of drug-likeness (QED) is 0.671. The lowest BCUT2D eigenvalue weighted by atomic mass is 10.0. The van der Waals surface area contributed by atoms with Gasteiger partial charge in [0.1, 0.15) is 5.75 Å². The topological polar surface area (TPSA) is 39.1 Å². The van der Waals surface area contributed by atoms with Gasteiger partial charge in [0.05, 0.1) is 12.8 Å². The van der Waals surface area contributed by atoms with Gasteiger partial charge in [0.15, 0.2) is 0 Å². The number of nitrogens with one attached hydrogen (secondary N) is 1. The van der Waals surface area contributed by atoms with Gasteiger partial charge in [-0.25, -0.2) is 0 Å². The highest BCUT2D eigenvalue weighted by Crippen LogP contribution is 2.27. The van der Waals surface area contributed by atoms with E-state index in [1.165, 1.54) is 22.0 Å². The number of methoxy groups -OCH3 is 1. The number of rotatable bonds is 7. The summed E-state index contributed by atoms with van der Waals surface area (Å²) in [5, 5.41) is 10.5. The van der Waals surface area contributed by atoms with Crippen molar-refractivity contribution in [2.75, 3.05) is 13.7 Å². The van der Waals surface area contributed by atoms with Gasteiger partial charge in [-0.3, -0.25) is 4.68 Å². The minimum Gasteiger partial charge on any atom is -0.496 e. The van der Waals surface area contributed by atoms with Crippen molar-refractivity contribution in [3.05, 3.63) is 59.4 Å². The molecule has 4 heteroatoms. The first kappa shape index (κ1) is 16.5. The summed E-state index contributed by atoms with van der Waals surface area (Å²) >= 11 is 0. The van der Waals surface area contributed by atoms with Gasteiger partial charge in [0.25, 0.3) is 0 Å². The average molecular weight is 323 g/mol. The zero-order valence-electron chi connectivity index (χ0n) is 14.7. The van der Waals surface area contributed by atoms with Crippen molar-refractivity contribution < 1.29 is 4.74 Å². The SMILES string of the molecule is COc1ccc2ccccc2c1CNCCCn1nc(C)cc1C. The van der Waals surface area contributed by atoms with E-state index in [9.17, 15) is 0 Å². The smallest absolute Gasteiger partial charge is 0.123 e. The fourth-order valence-electron chi connectivity index (χ4n) is 3.16. The Balaban J connectivity index is 1.60. The van der Waals surface area contributed by atoms with E-state index in [1.54, 1.807) is 7.11 Å². The number of aromatic nitrogens is 2. The second-order valence-electron chi connectivity index (χ2n) is 6.15.